The van der Waals surface area contributed by atoms with Gasteiger partial charge in [-0.3, -0.25) is 4.79 Å². The number of Topliss-reactive ketones (excluding diaryl/α,β-unsaturated/α-hetero) is 1. The molecule has 0 saturated carbocycles. The molecule has 0 bridgehead atoms. The number of carbonyl (C=O) groups excluding carboxylic acids is 2. The van der Waals surface area contributed by atoms with Gasteiger partial charge in [0.25, 0.3) is 0 Å². The highest BCUT2D eigenvalue weighted by Crippen LogP contribution is 2.16. The monoisotopic (exact) mass is 381 g/mol. The minimum atomic E-state index is -3.67. The lowest BCUT2D eigenvalue weighted by molar-refractivity contribution is 0.0475. The average Bonchev–Trinajstić information content (AvgIpc) is 3.04. The number of hydrogen-bond acceptors (Lipinski definition) is 6. The van der Waals surface area contributed by atoms with Crippen LogP contribution in [-0.4, -0.2) is 33.3 Å². The van der Waals surface area contributed by atoms with Crippen LogP contribution < -0.4 is 4.72 Å². The van der Waals surface area contributed by atoms with E-state index in [-0.39, 0.29) is 22.8 Å². The molecule has 0 saturated heterocycles. The van der Waals surface area contributed by atoms with Gasteiger partial charge in [0, 0.05) is 11.4 Å². The molecule has 25 heavy (non-hydrogen) atoms. The number of aryl methyl sites for hydroxylation is 1. The number of nitrogens with one attached hydrogen (secondary N) is 1. The van der Waals surface area contributed by atoms with E-state index in [0.717, 1.165) is 4.88 Å². The third-order valence-electron chi connectivity index (χ3n) is 3.27. The van der Waals surface area contributed by atoms with Gasteiger partial charge in [-0.1, -0.05) is 13.0 Å². The molecule has 6 nitrogen and oxygen atoms in total. The molecule has 0 aliphatic rings. The molecule has 8 heteroatoms. The fraction of sp³-hybridized carbons (Fsp3) is 0.294. The van der Waals surface area contributed by atoms with Gasteiger partial charge in [0.1, 0.15) is 0 Å². The van der Waals surface area contributed by atoms with E-state index in [9.17, 15) is 18.0 Å². The molecule has 2 rings (SSSR count). The maximum absolute atomic E-state index is 12.1. The first-order chi connectivity index (χ1) is 11.8. The number of ether oxygens (including phenoxy) is 1. The van der Waals surface area contributed by atoms with Crippen LogP contribution >= 0.6 is 11.3 Å². The second-order valence-electron chi connectivity index (χ2n) is 5.34. The van der Waals surface area contributed by atoms with Crippen molar-refractivity contribution in [1.29, 1.82) is 0 Å². The Morgan fingerprint density at radius 3 is 2.60 bits per heavy atom. The minimum absolute atomic E-state index is 0.0180. The summed E-state index contributed by atoms with van der Waals surface area (Å²) in [4.78, 5) is 25.6. The van der Waals surface area contributed by atoms with Crippen LogP contribution in [0.5, 0.6) is 0 Å². The lowest BCUT2D eigenvalue weighted by Crippen LogP contribution is -2.24. The highest BCUT2D eigenvalue weighted by molar-refractivity contribution is 7.89. The second kappa shape index (κ2) is 8.37. The van der Waals surface area contributed by atoms with Gasteiger partial charge < -0.3 is 4.74 Å². The van der Waals surface area contributed by atoms with E-state index in [1.165, 1.54) is 35.6 Å². The van der Waals surface area contributed by atoms with Crippen LogP contribution in [-0.2, 0) is 14.8 Å². The Morgan fingerprint density at radius 2 is 1.96 bits per heavy atom. The summed E-state index contributed by atoms with van der Waals surface area (Å²) in [5, 5.41) is 0. The molecule has 0 aliphatic carbocycles. The number of hydrogen-bond donors (Lipinski definition) is 1. The first-order valence-corrected chi connectivity index (χ1v) is 10.00. The predicted molar refractivity (Wildman–Crippen MR) is 95.6 cm³/mol. The zero-order valence-electron chi connectivity index (χ0n) is 13.9. The highest BCUT2D eigenvalue weighted by Gasteiger charge is 2.17. The van der Waals surface area contributed by atoms with Crippen LogP contribution in [0.15, 0.2) is 41.3 Å². The molecule has 2 aromatic rings. The van der Waals surface area contributed by atoms with E-state index in [4.69, 9.17) is 4.74 Å². The van der Waals surface area contributed by atoms with Gasteiger partial charge in [0.05, 0.1) is 15.3 Å². The summed E-state index contributed by atoms with van der Waals surface area (Å²) >= 11 is 1.33. The Morgan fingerprint density at radius 1 is 1.20 bits per heavy atom. The summed E-state index contributed by atoms with van der Waals surface area (Å²) in [6, 6.07) is 9.04. The Balaban J connectivity index is 2.05. The SMILES string of the molecule is CCCNS(=O)(=O)c1cccc(C(=O)OCC(=O)c2ccc(C)s2)c1. The first kappa shape index (κ1) is 19.3. The molecular weight excluding hydrogens is 362 g/mol. The molecule has 0 amide bonds. The number of sulfonamides is 1. The topological polar surface area (TPSA) is 89.5 Å². The summed E-state index contributed by atoms with van der Waals surface area (Å²) in [5.41, 5.74) is 0.0783. The molecule has 0 spiro atoms. The van der Waals surface area contributed by atoms with Crippen molar-refractivity contribution in [1.82, 2.24) is 4.72 Å². The summed E-state index contributed by atoms with van der Waals surface area (Å²) in [7, 11) is -3.67. The van der Waals surface area contributed by atoms with E-state index >= 15 is 0 Å². The molecule has 1 N–H and O–H groups in total. The molecule has 0 atom stereocenters. The largest absolute Gasteiger partial charge is 0.454 e. The second-order valence-corrected chi connectivity index (χ2v) is 8.39. The van der Waals surface area contributed by atoms with Crippen molar-refractivity contribution in [3.05, 3.63) is 51.7 Å². The number of thiophene rings is 1. The van der Waals surface area contributed by atoms with Gasteiger partial charge >= 0.3 is 5.97 Å². The number of rotatable bonds is 8. The third kappa shape index (κ3) is 5.22. The summed E-state index contributed by atoms with van der Waals surface area (Å²) in [5.74, 6) is -1.03. The van der Waals surface area contributed by atoms with Crippen molar-refractivity contribution in [2.24, 2.45) is 0 Å². The maximum Gasteiger partial charge on any atom is 0.338 e. The molecule has 0 unspecified atom stereocenters. The zero-order chi connectivity index (χ0) is 18.4. The Labute approximate surface area is 150 Å². The molecule has 0 aliphatic heterocycles. The van der Waals surface area contributed by atoms with E-state index < -0.39 is 16.0 Å². The van der Waals surface area contributed by atoms with Crippen molar-refractivity contribution in [3.8, 4) is 0 Å². The van der Waals surface area contributed by atoms with Gasteiger partial charge in [-0.15, -0.1) is 11.3 Å². The number of carbonyl (C=O) groups is 2. The maximum atomic E-state index is 12.1. The zero-order valence-corrected chi connectivity index (χ0v) is 15.6. The Bertz CT molecular complexity index is 871. The van der Waals surface area contributed by atoms with Crippen molar-refractivity contribution < 1.29 is 22.7 Å². The van der Waals surface area contributed by atoms with Crippen LogP contribution in [0.1, 0.15) is 38.3 Å². The number of benzene rings is 1. The predicted octanol–water partition coefficient (Wildman–Crippen LogP) is 2.78. The lowest BCUT2D eigenvalue weighted by Gasteiger charge is -2.08. The molecule has 0 radical (unpaired) electrons. The Hall–Kier alpha value is -2.03. The van der Waals surface area contributed by atoms with Gasteiger partial charge in [0.2, 0.25) is 15.8 Å². The summed E-state index contributed by atoms with van der Waals surface area (Å²) in [6.45, 7) is 3.66. The highest BCUT2D eigenvalue weighted by atomic mass is 32.2. The van der Waals surface area contributed by atoms with Crippen LogP contribution in [0.2, 0.25) is 0 Å². The average molecular weight is 381 g/mol. The third-order valence-corrected chi connectivity index (χ3v) is 5.77. The minimum Gasteiger partial charge on any atom is -0.454 e. The van der Waals surface area contributed by atoms with Gasteiger partial charge in [-0.05, 0) is 43.7 Å². The van der Waals surface area contributed by atoms with Crippen molar-refractivity contribution in [2.75, 3.05) is 13.2 Å². The van der Waals surface area contributed by atoms with Crippen molar-refractivity contribution in [3.63, 3.8) is 0 Å². The van der Waals surface area contributed by atoms with Crippen LogP contribution in [0, 0.1) is 6.92 Å². The number of ketones is 1. The summed E-state index contributed by atoms with van der Waals surface area (Å²) < 4.78 is 31.6. The standard InChI is InChI=1S/C17H19NO5S2/c1-3-9-18-25(21,22)14-6-4-5-13(10-14)17(20)23-11-15(19)16-8-7-12(2)24-16/h4-8,10,18H,3,9,11H2,1-2H3. The van der Waals surface area contributed by atoms with Gasteiger partial charge in [-0.25, -0.2) is 17.9 Å². The lowest BCUT2D eigenvalue weighted by atomic mass is 10.2. The fourth-order valence-electron chi connectivity index (χ4n) is 1.98. The van der Waals surface area contributed by atoms with E-state index in [1.54, 1.807) is 6.07 Å². The van der Waals surface area contributed by atoms with E-state index in [2.05, 4.69) is 4.72 Å². The fourth-order valence-corrected chi connectivity index (χ4v) is 3.95. The molecule has 134 valence electrons. The van der Waals surface area contributed by atoms with Gasteiger partial charge in [0.15, 0.2) is 6.61 Å². The Kier molecular flexibility index (Phi) is 6.46. The molecule has 1 aromatic carbocycles. The van der Waals surface area contributed by atoms with Gasteiger partial charge in [-0.2, -0.15) is 0 Å². The van der Waals surface area contributed by atoms with Crippen molar-refractivity contribution in [2.45, 2.75) is 25.2 Å². The first-order valence-electron chi connectivity index (χ1n) is 7.70. The molecule has 1 heterocycles. The quantitative estimate of drug-likeness (QED) is 0.561. The van der Waals surface area contributed by atoms with Crippen LogP contribution in [0.25, 0.3) is 0 Å². The van der Waals surface area contributed by atoms with E-state index in [0.29, 0.717) is 17.8 Å². The van der Waals surface area contributed by atoms with Crippen LogP contribution in [0.3, 0.4) is 0 Å². The number of esters is 1. The molecular formula is C17H19NO5S2. The summed E-state index contributed by atoms with van der Waals surface area (Å²) in [6.07, 6.45) is 0.658. The van der Waals surface area contributed by atoms with E-state index in [1.807, 2.05) is 19.9 Å². The smallest absolute Gasteiger partial charge is 0.338 e. The molecule has 0 fully saturated rings. The molecule has 1 aromatic heterocycles. The normalized spacial score (nSPS) is 11.3. The van der Waals surface area contributed by atoms with Crippen molar-refractivity contribution >= 4 is 33.1 Å². The van der Waals surface area contributed by atoms with Crippen LogP contribution in [0.4, 0.5) is 0 Å².